The van der Waals surface area contributed by atoms with Crippen molar-refractivity contribution in [3.05, 3.63) is 47.7 Å². The number of carbonyl (C=O) groups excluding carboxylic acids is 2. The van der Waals surface area contributed by atoms with E-state index in [-0.39, 0.29) is 11.8 Å². The maximum absolute atomic E-state index is 12.4. The van der Waals surface area contributed by atoms with Crippen molar-refractivity contribution in [1.82, 2.24) is 4.98 Å². The average molecular weight is 353 g/mol. The summed E-state index contributed by atoms with van der Waals surface area (Å²) in [5.41, 5.74) is 3.16. The second-order valence-corrected chi connectivity index (χ2v) is 6.81. The first kappa shape index (κ1) is 17.9. The molecule has 2 aromatic rings. The van der Waals surface area contributed by atoms with Crippen LogP contribution in [-0.2, 0) is 11.2 Å². The van der Waals surface area contributed by atoms with E-state index in [0.717, 1.165) is 17.7 Å². The fourth-order valence-electron chi connectivity index (χ4n) is 2.86. The average Bonchev–Trinajstić information content (AvgIpc) is 3.03. The molecule has 1 N–H and O–H groups in total. The largest absolute Gasteiger partial charge is 0.477 e. The summed E-state index contributed by atoms with van der Waals surface area (Å²) in [6, 6.07) is 9.00. The van der Waals surface area contributed by atoms with Crippen LogP contribution >= 0.6 is 0 Å². The first-order chi connectivity index (χ1) is 12.4. The molecule has 0 bridgehead atoms. The number of fused-ring (bicyclic) bond motifs is 1. The van der Waals surface area contributed by atoms with E-state index in [1.165, 1.54) is 6.20 Å². The van der Waals surface area contributed by atoms with Gasteiger partial charge in [-0.2, -0.15) is 0 Å². The van der Waals surface area contributed by atoms with Crippen LogP contribution < -0.4 is 15.0 Å². The summed E-state index contributed by atoms with van der Waals surface area (Å²) in [5.74, 6) is 0.733. The lowest BCUT2D eigenvalue weighted by atomic mass is 10.1. The third-order valence-corrected chi connectivity index (χ3v) is 4.18. The molecule has 6 nitrogen and oxygen atoms in total. The standard InChI is InChI=1S/C20H23N3O3/c1-13(2)12-26-19-7-4-16(11-21-19)20(25)22-17-5-6-18-15(10-17)8-9-23(18)14(3)24/h4-7,10-11,13H,8-9,12H2,1-3H3,(H,22,25). The van der Waals surface area contributed by atoms with Gasteiger partial charge < -0.3 is 15.0 Å². The first-order valence-corrected chi connectivity index (χ1v) is 8.75. The summed E-state index contributed by atoms with van der Waals surface area (Å²) in [5, 5.41) is 2.88. The van der Waals surface area contributed by atoms with Gasteiger partial charge in [-0.05, 0) is 42.2 Å². The molecular formula is C20H23N3O3. The number of aromatic nitrogens is 1. The molecule has 0 fully saturated rings. The minimum Gasteiger partial charge on any atom is -0.477 e. The monoisotopic (exact) mass is 353 g/mol. The van der Waals surface area contributed by atoms with Crippen LogP contribution in [0.4, 0.5) is 11.4 Å². The quantitative estimate of drug-likeness (QED) is 0.895. The van der Waals surface area contributed by atoms with Gasteiger partial charge in [0, 0.05) is 37.1 Å². The van der Waals surface area contributed by atoms with Crippen molar-refractivity contribution in [3.8, 4) is 5.88 Å². The molecule has 1 aliphatic rings. The molecule has 0 spiro atoms. The Hall–Kier alpha value is -2.89. The Kier molecular flexibility index (Phi) is 5.21. The number of hydrogen-bond donors (Lipinski definition) is 1. The lowest BCUT2D eigenvalue weighted by molar-refractivity contribution is -0.116. The lowest BCUT2D eigenvalue weighted by Crippen LogP contribution is -2.25. The third kappa shape index (κ3) is 4.02. The fourth-order valence-corrected chi connectivity index (χ4v) is 2.86. The SMILES string of the molecule is CC(=O)N1CCc2cc(NC(=O)c3ccc(OCC(C)C)nc3)ccc21. The van der Waals surface area contributed by atoms with Gasteiger partial charge in [0.2, 0.25) is 11.8 Å². The Morgan fingerprint density at radius 2 is 2.08 bits per heavy atom. The van der Waals surface area contributed by atoms with E-state index in [2.05, 4.69) is 24.1 Å². The zero-order valence-corrected chi connectivity index (χ0v) is 15.3. The van der Waals surface area contributed by atoms with Crippen molar-refractivity contribution >= 4 is 23.2 Å². The van der Waals surface area contributed by atoms with Crippen LogP contribution in [0.5, 0.6) is 5.88 Å². The molecule has 3 rings (SSSR count). The maximum Gasteiger partial charge on any atom is 0.257 e. The second kappa shape index (κ2) is 7.56. The van der Waals surface area contributed by atoms with Crippen molar-refractivity contribution in [2.24, 2.45) is 5.92 Å². The number of benzene rings is 1. The van der Waals surface area contributed by atoms with Gasteiger partial charge in [0.1, 0.15) is 0 Å². The number of ether oxygens (including phenoxy) is 1. The Morgan fingerprint density at radius 1 is 1.27 bits per heavy atom. The molecule has 2 heterocycles. The zero-order valence-electron chi connectivity index (χ0n) is 15.3. The smallest absolute Gasteiger partial charge is 0.257 e. The van der Waals surface area contributed by atoms with Crippen molar-refractivity contribution in [2.45, 2.75) is 27.2 Å². The molecule has 0 unspecified atom stereocenters. The number of carbonyl (C=O) groups is 2. The number of nitrogens with one attached hydrogen (secondary N) is 1. The lowest BCUT2D eigenvalue weighted by Gasteiger charge is -2.15. The molecular weight excluding hydrogens is 330 g/mol. The van der Waals surface area contributed by atoms with Crippen LogP contribution in [0.15, 0.2) is 36.5 Å². The summed E-state index contributed by atoms with van der Waals surface area (Å²) in [6.07, 6.45) is 2.30. The predicted octanol–water partition coefficient (Wildman–Crippen LogP) is 3.28. The molecule has 26 heavy (non-hydrogen) atoms. The van der Waals surface area contributed by atoms with E-state index in [1.54, 1.807) is 24.0 Å². The van der Waals surface area contributed by atoms with Gasteiger partial charge in [-0.25, -0.2) is 4.98 Å². The molecule has 0 saturated carbocycles. The fraction of sp³-hybridized carbons (Fsp3) is 0.350. The second-order valence-electron chi connectivity index (χ2n) is 6.81. The van der Waals surface area contributed by atoms with Crippen LogP contribution in [0.1, 0.15) is 36.7 Å². The molecule has 0 aliphatic carbocycles. The highest BCUT2D eigenvalue weighted by atomic mass is 16.5. The molecule has 0 atom stereocenters. The molecule has 2 amide bonds. The van der Waals surface area contributed by atoms with E-state index in [4.69, 9.17) is 4.74 Å². The van der Waals surface area contributed by atoms with Crippen molar-refractivity contribution in [3.63, 3.8) is 0 Å². The van der Waals surface area contributed by atoms with Crippen LogP contribution in [0, 0.1) is 5.92 Å². The number of hydrogen-bond acceptors (Lipinski definition) is 4. The van der Waals surface area contributed by atoms with Crippen molar-refractivity contribution < 1.29 is 14.3 Å². The Morgan fingerprint density at radius 3 is 2.73 bits per heavy atom. The summed E-state index contributed by atoms with van der Waals surface area (Å²) in [7, 11) is 0. The Balaban J connectivity index is 1.66. The van der Waals surface area contributed by atoms with Gasteiger partial charge in [0.25, 0.3) is 5.91 Å². The maximum atomic E-state index is 12.4. The van der Waals surface area contributed by atoms with E-state index >= 15 is 0 Å². The van der Waals surface area contributed by atoms with Crippen LogP contribution in [0.25, 0.3) is 0 Å². The van der Waals surface area contributed by atoms with Gasteiger partial charge in [0.05, 0.1) is 12.2 Å². The van der Waals surface area contributed by atoms with E-state index in [9.17, 15) is 9.59 Å². The number of amides is 2. The number of anilines is 2. The van der Waals surface area contributed by atoms with E-state index < -0.39 is 0 Å². The Bertz CT molecular complexity index is 816. The molecule has 0 saturated heterocycles. The zero-order chi connectivity index (χ0) is 18.7. The van der Waals surface area contributed by atoms with Crippen molar-refractivity contribution in [2.75, 3.05) is 23.4 Å². The first-order valence-electron chi connectivity index (χ1n) is 8.75. The number of nitrogens with zero attached hydrogens (tertiary/aromatic N) is 2. The third-order valence-electron chi connectivity index (χ3n) is 4.18. The van der Waals surface area contributed by atoms with E-state index in [0.29, 0.717) is 36.2 Å². The van der Waals surface area contributed by atoms with Gasteiger partial charge in [0.15, 0.2) is 0 Å². The topological polar surface area (TPSA) is 71.5 Å². The van der Waals surface area contributed by atoms with Gasteiger partial charge in [-0.3, -0.25) is 9.59 Å². The predicted molar refractivity (Wildman–Crippen MR) is 101 cm³/mol. The van der Waals surface area contributed by atoms with Crippen LogP contribution in [-0.4, -0.2) is 29.9 Å². The number of pyridine rings is 1. The van der Waals surface area contributed by atoms with Gasteiger partial charge >= 0.3 is 0 Å². The number of rotatable bonds is 5. The van der Waals surface area contributed by atoms with Crippen LogP contribution in [0.3, 0.4) is 0 Å². The highest BCUT2D eigenvalue weighted by Crippen LogP contribution is 2.30. The van der Waals surface area contributed by atoms with E-state index in [1.807, 2.05) is 18.2 Å². The normalized spacial score (nSPS) is 12.8. The molecule has 1 aliphatic heterocycles. The highest BCUT2D eigenvalue weighted by Gasteiger charge is 2.22. The minimum absolute atomic E-state index is 0.0337. The molecule has 0 radical (unpaired) electrons. The molecule has 1 aromatic carbocycles. The summed E-state index contributed by atoms with van der Waals surface area (Å²) >= 11 is 0. The molecule has 136 valence electrons. The summed E-state index contributed by atoms with van der Waals surface area (Å²) in [6.45, 7) is 6.96. The van der Waals surface area contributed by atoms with Crippen LogP contribution in [0.2, 0.25) is 0 Å². The van der Waals surface area contributed by atoms with Crippen molar-refractivity contribution in [1.29, 1.82) is 0 Å². The summed E-state index contributed by atoms with van der Waals surface area (Å²) in [4.78, 5) is 29.9. The van der Waals surface area contributed by atoms with Gasteiger partial charge in [-0.1, -0.05) is 13.8 Å². The molecule has 1 aromatic heterocycles. The minimum atomic E-state index is -0.228. The van der Waals surface area contributed by atoms with Gasteiger partial charge in [-0.15, -0.1) is 0 Å². The summed E-state index contributed by atoms with van der Waals surface area (Å²) < 4.78 is 5.53. The Labute approximate surface area is 153 Å². The highest BCUT2D eigenvalue weighted by molar-refractivity contribution is 6.04. The molecule has 6 heteroatoms.